The number of fused-ring (bicyclic) bond motifs is 2. The molecule has 5 heteroatoms. The number of nitrogens with zero attached hydrogens (tertiary/aromatic N) is 2. The van der Waals surface area contributed by atoms with E-state index >= 15 is 0 Å². The van der Waals surface area contributed by atoms with Gasteiger partial charge in [0.05, 0.1) is 11.9 Å². The molecule has 1 aliphatic carbocycles. The molecule has 2 aromatic heterocycles. The van der Waals surface area contributed by atoms with Crippen LogP contribution >= 0.6 is 0 Å². The molecule has 1 saturated carbocycles. The molecular weight excluding hydrogens is 352 g/mol. The van der Waals surface area contributed by atoms with E-state index in [0.717, 1.165) is 29.4 Å². The quantitative estimate of drug-likeness (QED) is 0.542. The van der Waals surface area contributed by atoms with Crippen molar-refractivity contribution >= 4 is 27.8 Å². The minimum Gasteiger partial charge on any atom is -0.463 e. The second-order valence-corrected chi connectivity index (χ2v) is 7.39. The smallest absolute Gasteiger partial charge is 0.261 e. The van der Waals surface area contributed by atoms with Crippen molar-refractivity contribution in [2.24, 2.45) is 7.05 Å². The number of carbonyl (C=O) groups is 1. The molecule has 1 amide bonds. The molecule has 1 aliphatic rings. The van der Waals surface area contributed by atoms with Gasteiger partial charge in [-0.2, -0.15) is 0 Å². The number of hydrogen-bond acceptors (Lipinski definition) is 3. The van der Waals surface area contributed by atoms with Crippen molar-refractivity contribution in [3.05, 3.63) is 82.3 Å². The fraction of sp³-hybridized carbons (Fsp3) is 0.217. The molecule has 5 rings (SSSR count). The van der Waals surface area contributed by atoms with Crippen LogP contribution in [0.4, 0.5) is 0 Å². The number of para-hydroxylation sites is 2. The van der Waals surface area contributed by atoms with Crippen molar-refractivity contribution in [2.45, 2.75) is 25.4 Å². The van der Waals surface area contributed by atoms with Gasteiger partial charge in [0.25, 0.3) is 5.91 Å². The fourth-order valence-electron chi connectivity index (χ4n) is 3.81. The summed E-state index contributed by atoms with van der Waals surface area (Å²) in [6.45, 7) is 0.473. The van der Waals surface area contributed by atoms with Crippen LogP contribution in [-0.2, 0) is 13.6 Å². The van der Waals surface area contributed by atoms with Crippen LogP contribution in [-0.4, -0.2) is 21.4 Å². The van der Waals surface area contributed by atoms with E-state index in [1.54, 1.807) is 18.2 Å². The van der Waals surface area contributed by atoms with Crippen molar-refractivity contribution in [1.82, 2.24) is 9.47 Å². The molecule has 0 spiro atoms. The van der Waals surface area contributed by atoms with Gasteiger partial charge in [0.2, 0.25) is 5.43 Å². The van der Waals surface area contributed by atoms with E-state index in [1.807, 2.05) is 30.1 Å². The fourth-order valence-corrected chi connectivity index (χ4v) is 3.81. The van der Waals surface area contributed by atoms with Crippen molar-refractivity contribution in [3.63, 3.8) is 0 Å². The Labute approximate surface area is 161 Å². The average Bonchev–Trinajstić information content (AvgIpc) is 3.51. The number of benzene rings is 2. The molecule has 5 nitrogen and oxygen atoms in total. The van der Waals surface area contributed by atoms with E-state index in [0.29, 0.717) is 17.5 Å². The van der Waals surface area contributed by atoms with E-state index in [9.17, 15) is 9.59 Å². The number of carbonyl (C=O) groups excluding carboxylic acids is 1. The summed E-state index contributed by atoms with van der Waals surface area (Å²) >= 11 is 0. The number of amides is 1. The minimum absolute atomic E-state index is 0.101. The molecule has 2 aromatic carbocycles. The zero-order chi connectivity index (χ0) is 19.3. The number of rotatable bonds is 4. The predicted molar refractivity (Wildman–Crippen MR) is 108 cm³/mol. The summed E-state index contributed by atoms with van der Waals surface area (Å²) in [7, 11) is 2.01. The van der Waals surface area contributed by atoms with Crippen LogP contribution in [0.5, 0.6) is 0 Å². The van der Waals surface area contributed by atoms with Gasteiger partial charge in [0.1, 0.15) is 17.4 Å². The summed E-state index contributed by atoms with van der Waals surface area (Å²) in [5.41, 5.74) is 2.51. The first-order chi connectivity index (χ1) is 13.6. The highest BCUT2D eigenvalue weighted by Gasteiger charge is 2.35. The second-order valence-electron chi connectivity index (χ2n) is 7.39. The molecule has 28 heavy (non-hydrogen) atoms. The Balaban J connectivity index is 1.53. The standard InChI is InChI=1S/C23H20N2O3/c1-24-17(12-15-6-2-4-8-20(15)24)13-25(16-10-11-16)23(27)19-14-28-21-9-5-3-7-18(21)22(19)26/h2-9,12,14,16H,10-11,13H2,1H3. The van der Waals surface area contributed by atoms with Crippen LogP contribution in [0, 0.1) is 0 Å². The Kier molecular flexibility index (Phi) is 3.83. The molecule has 0 aliphatic heterocycles. The maximum absolute atomic E-state index is 13.3. The number of hydrogen-bond donors (Lipinski definition) is 0. The van der Waals surface area contributed by atoms with Crippen molar-refractivity contribution < 1.29 is 9.21 Å². The third-order valence-electron chi connectivity index (χ3n) is 5.54. The normalized spacial score (nSPS) is 13.9. The predicted octanol–water partition coefficient (Wildman–Crippen LogP) is 4.09. The van der Waals surface area contributed by atoms with E-state index in [-0.39, 0.29) is 22.9 Å². The lowest BCUT2D eigenvalue weighted by molar-refractivity contribution is 0.0723. The summed E-state index contributed by atoms with van der Waals surface area (Å²) in [5.74, 6) is -0.257. The summed E-state index contributed by atoms with van der Waals surface area (Å²) in [6.07, 6.45) is 3.24. The maximum atomic E-state index is 13.3. The topological polar surface area (TPSA) is 55.5 Å². The molecule has 0 N–H and O–H groups in total. The van der Waals surface area contributed by atoms with Crippen LogP contribution in [0.3, 0.4) is 0 Å². The van der Waals surface area contributed by atoms with Gasteiger partial charge in [0.15, 0.2) is 0 Å². The number of aromatic nitrogens is 1. The summed E-state index contributed by atoms with van der Waals surface area (Å²) < 4.78 is 7.68. The average molecular weight is 372 g/mol. The van der Waals surface area contributed by atoms with Gasteiger partial charge in [-0.3, -0.25) is 9.59 Å². The first kappa shape index (κ1) is 16.8. The van der Waals surface area contributed by atoms with Crippen LogP contribution in [0.2, 0.25) is 0 Å². The Bertz CT molecular complexity index is 1260. The Morgan fingerprint density at radius 1 is 1.14 bits per heavy atom. The van der Waals surface area contributed by atoms with Crippen molar-refractivity contribution in [3.8, 4) is 0 Å². The lowest BCUT2D eigenvalue weighted by atomic mass is 10.1. The highest BCUT2D eigenvalue weighted by atomic mass is 16.3. The lowest BCUT2D eigenvalue weighted by Crippen LogP contribution is -2.36. The molecule has 140 valence electrons. The highest BCUT2D eigenvalue weighted by Crippen LogP contribution is 2.31. The van der Waals surface area contributed by atoms with Gasteiger partial charge in [0, 0.05) is 24.3 Å². The summed E-state index contributed by atoms with van der Waals surface area (Å²) in [5, 5.41) is 1.59. The van der Waals surface area contributed by atoms with Crippen LogP contribution in [0.25, 0.3) is 21.9 Å². The zero-order valence-electron chi connectivity index (χ0n) is 15.6. The van der Waals surface area contributed by atoms with E-state index in [1.165, 1.54) is 6.26 Å². The molecule has 2 heterocycles. The van der Waals surface area contributed by atoms with Crippen molar-refractivity contribution in [1.29, 1.82) is 0 Å². The molecule has 0 atom stereocenters. The molecule has 4 aromatic rings. The lowest BCUT2D eigenvalue weighted by Gasteiger charge is -2.22. The zero-order valence-corrected chi connectivity index (χ0v) is 15.6. The summed E-state index contributed by atoms with van der Waals surface area (Å²) in [4.78, 5) is 28.0. The Hall–Kier alpha value is -3.34. The van der Waals surface area contributed by atoms with Gasteiger partial charge < -0.3 is 13.9 Å². The monoisotopic (exact) mass is 372 g/mol. The van der Waals surface area contributed by atoms with E-state index in [4.69, 9.17) is 4.42 Å². The van der Waals surface area contributed by atoms with Crippen molar-refractivity contribution in [2.75, 3.05) is 0 Å². The SMILES string of the molecule is Cn1c(CN(C(=O)c2coc3ccccc3c2=O)C2CC2)cc2ccccc21. The van der Waals surface area contributed by atoms with Gasteiger partial charge in [-0.05, 0) is 42.5 Å². The van der Waals surface area contributed by atoms with Crippen LogP contribution in [0.15, 0.2) is 70.1 Å². The highest BCUT2D eigenvalue weighted by molar-refractivity contribution is 5.97. The third-order valence-corrected chi connectivity index (χ3v) is 5.54. The van der Waals surface area contributed by atoms with Gasteiger partial charge >= 0.3 is 0 Å². The second kappa shape index (κ2) is 6.37. The molecule has 0 saturated heterocycles. The van der Waals surface area contributed by atoms with Gasteiger partial charge in [-0.25, -0.2) is 0 Å². The van der Waals surface area contributed by atoms with E-state index in [2.05, 4.69) is 22.8 Å². The minimum atomic E-state index is -0.269. The first-order valence-electron chi connectivity index (χ1n) is 9.48. The molecule has 0 radical (unpaired) electrons. The molecule has 0 bridgehead atoms. The third kappa shape index (κ3) is 2.71. The van der Waals surface area contributed by atoms with E-state index < -0.39 is 0 Å². The first-order valence-corrected chi connectivity index (χ1v) is 9.48. The number of aryl methyl sites for hydroxylation is 1. The van der Waals surface area contributed by atoms with Gasteiger partial charge in [-0.15, -0.1) is 0 Å². The largest absolute Gasteiger partial charge is 0.463 e. The maximum Gasteiger partial charge on any atom is 0.261 e. The van der Waals surface area contributed by atoms with Crippen LogP contribution < -0.4 is 5.43 Å². The van der Waals surface area contributed by atoms with Gasteiger partial charge in [-0.1, -0.05) is 30.3 Å². The van der Waals surface area contributed by atoms with Crippen LogP contribution in [0.1, 0.15) is 28.9 Å². The Morgan fingerprint density at radius 3 is 2.68 bits per heavy atom. The summed E-state index contributed by atoms with van der Waals surface area (Å²) in [6, 6.07) is 17.5. The molecule has 0 unspecified atom stereocenters. The molecule has 1 fully saturated rings. The Morgan fingerprint density at radius 2 is 1.89 bits per heavy atom. The molecular formula is C23H20N2O3.